The molecule has 4 heteroatoms. The van der Waals surface area contributed by atoms with Crippen LogP contribution in [0, 0.1) is 0 Å². The van der Waals surface area contributed by atoms with Crippen molar-refractivity contribution >= 4 is 24.1 Å². The third-order valence-electron chi connectivity index (χ3n) is 2.17. The van der Waals surface area contributed by atoms with Crippen LogP contribution in [0.4, 0.5) is 0 Å². The highest BCUT2D eigenvalue weighted by molar-refractivity contribution is 5.87. The second kappa shape index (κ2) is 6.70. The standard InChI is InChI=1S/C16H18O4/c1-16(2,3)20-15(19)11-9-13-6-4-12(5-7-13)8-10-14(17)18/h4-11H,1-3H3,(H,17,18). The fourth-order valence-electron chi connectivity index (χ4n) is 1.39. The lowest BCUT2D eigenvalue weighted by Crippen LogP contribution is -2.22. The second-order valence-electron chi connectivity index (χ2n) is 5.21. The molecule has 0 saturated heterocycles. The Labute approximate surface area is 118 Å². The molecule has 0 atom stereocenters. The molecular formula is C16H18O4. The molecule has 0 aliphatic carbocycles. The number of hydrogen-bond acceptors (Lipinski definition) is 3. The van der Waals surface area contributed by atoms with Crippen molar-refractivity contribution in [2.75, 3.05) is 0 Å². The van der Waals surface area contributed by atoms with E-state index in [1.54, 1.807) is 30.3 Å². The van der Waals surface area contributed by atoms with Gasteiger partial charge in [-0.3, -0.25) is 0 Å². The summed E-state index contributed by atoms with van der Waals surface area (Å²) in [5.74, 6) is -1.38. The van der Waals surface area contributed by atoms with Gasteiger partial charge in [-0.15, -0.1) is 0 Å². The van der Waals surface area contributed by atoms with Crippen molar-refractivity contribution in [1.29, 1.82) is 0 Å². The second-order valence-corrected chi connectivity index (χ2v) is 5.21. The Morgan fingerprint density at radius 2 is 1.45 bits per heavy atom. The zero-order valence-electron chi connectivity index (χ0n) is 11.8. The Morgan fingerprint density at radius 1 is 1.00 bits per heavy atom. The van der Waals surface area contributed by atoms with Crippen LogP contribution in [0.5, 0.6) is 0 Å². The Kier molecular flexibility index (Phi) is 5.26. The summed E-state index contributed by atoms with van der Waals surface area (Å²) in [7, 11) is 0. The quantitative estimate of drug-likeness (QED) is 0.676. The lowest BCUT2D eigenvalue weighted by Gasteiger charge is -2.17. The molecule has 106 valence electrons. The first-order valence-electron chi connectivity index (χ1n) is 6.18. The predicted octanol–water partition coefficient (Wildman–Crippen LogP) is 3.14. The van der Waals surface area contributed by atoms with E-state index < -0.39 is 17.5 Å². The highest BCUT2D eigenvalue weighted by Crippen LogP contribution is 2.10. The molecule has 0 bridgehead atoms. The van der Waals surface area contributed by atoms with Gasteiger partial charge in [0.25, 0.3) is 0 Å². The number of carbonyl (C=O) groups is 2. The summed E-state index contributed by atoms with van der Waals surface area (Å²) < 4.78 is 5.15. The molecule has 0 aliphatic heterocycles. The van der Waals surface area contributed by atoms with Crippen molar-refractivity contribution in [3.8, 4) is 0 Å². The van der Waals surface area contributed by atoms with E-state index in [9.17, 15) is 9.59 Å². The van der Waals surface area contributed by atoms with Gasteiger partial charge in [0.1, 0.15) is 5.60 Å². The van der Waals surface area contributed by atoms with Crippen LogP contribution in [0.25, 0.3) is 12.2 Å². The first kappa shape index (κ1) is 15.7. The number of aliphatic carboxylic acids is 1. The maximum absolute atomic E-state index is 11.5. The summed E-state index contributed by atoms with van der Waals surface area (Å²) in [6, 6.07) is 7.13. The minimum atomic E-state index is -0.987. The monoisotopic (exact) mass is 274 g/mol. The van der Waals surface area contributed by atoms with Gasteiger partial charge in [-0.2, -0.15) is 0 Å². The van der Waals surface area contributed by atoms with Crippen molar-refractivity contribution < 1.29 is 19.4 Å². The Hall–Kier alpha value is -2.36. The molecule has 0 aromatic heterocycles. The lowest BCUT2D eigenvalue weighted by atomic mass is 10.1. The number of rotatable bonds is 4. The highest BCUT2D eigenvalue weighted by atomic mass is 16.6. The average molecular weight is 274 g/mol. The van der Waals surface area contributed by atoms with Gasteiger partial charge >= 0.3 is 11.9 Å². The molecule has 1 N–H and O–H groups in total. The third kappa shape index (κ3) is 6.54. The molecule has 0 heterocycles. The number of hydrogen-bond donors (Lipinski definition) is 1. The number of benzene rings is 1. The van der Waals surface area contributed by atoms with Gasteiger partial charge < -0.3 is 9.84 Å². The molecule has 0 aliphatic rings. The zero-order chi connectivity index (χ0) is 15.2. The maximum atomic E-state index is 11.5. The van der Waals surface area contributed by atoms with Crippen molar-refractivity contribution in [1.82, 2.24) is 0 Å². The zero-order valence-corrected chi connectivity index (χ0v) is 11.8. The minimum Gasteiger partial charge on any atom is -0.478 e. The molecule has 0 radical (unpaired) electrons. The molecule has 0 fully saturated rings. The van der Waals surface area contributed by atoms with Crippen LogP contribution in [-0.2, 0) is 14.3 Å². The van der Waals surface area contributed by atoms with Crippen LogP contribution in [0.15, 0.2) is 36.4 Å². The number of carboxylic acid groups (broad SMARTS) is 1. The van der Waals surface area contributed by atoms with Gasteiger partial charge in [0.05, 0.1) is 0 Å². The number of esters is 1. The van der Waals surface area contributed by atoms with Gasteiger partial charge in [0.15, 0.2) is 0 Å². The van der Waals surface area contributed by atoms with Crippen molar-refractivity contribution in [3.63, 3.8) is 0 Å². The van der Waals surface area contributed by atoms with Gasteiger partial charge in [-0.05, 0) is 44.1 Å². The summed E-state index contributed by atoms with van der Waals surface area (Å²) in [6.45, 7) is 5.42. The molecule has 0 unspecified atom stereocenters. The number of carboxylic acids is 1. The van der Waals surface area contributed by atoms with Crippen LogP contribution >= 0.6 is 0 Å². The first-order valence-corrected chi connectivity index (χ1v) is 6.18. The van der Waals surface area contributed by atoms with E-state index in [2.05, 4.69) is 0 Å². The Bertz CT molecular complexity index is 531. The molecule has 1 aromatic rings. The molecule has 0 spiro atoms. The fourth-order valence-corrected chi connectivity index (χ4v) is 1.39. The van der Waals surface area contributed by atoms with Crippen molar-refractivity contribution in [3.05, 3.63) is 47.5 Å². The van der Waals surface area contributed by atoms with E-state index in [1.165, 1.54) is 12.2 Å². The van der Waals surface area contributed by atoms with Gasteiger partial charge in [-0.25, -0.2) is 9.59 Å². The molecule has 0 saturated carbocycles. The first-order chi connectivity index (χ1) is 9.26. The summed E-state index contributed by atoms with van der Waals surface area (Å²) in [5, 5.41) is 8.52. The van der Waals surface area contributed by atoms with E-state index >= 15 is 0 Å². The normalized spacial score (nSPS) is 11.9. The minimum absolute atomic E-state index is 0.396. The summed E-state index contributed by atoms with van der Waals surface area (Å²) in [5.41, 5.74) is 1.11. The van der Waals surface area contributed by atoms with Crippen molar-refractivity contribution in [2.45, 2.75) is 26.4 Å². The van der Waals surface area contributed by atoms with Crippen LogP contribution < -0.4 is 0 Å². The lowest BCUT2D eigenvalue weighted by molar-refractivity contribution is -0.148. The van der Waals surface area contributed by atoms with Gasteiger partial charge in [0.2, 0.25) is 0 Å². The Morgan fingerprint density at radius 3 is 1.85 bits per heavy atom. The predicted molar refractivity (Wildman–Crippen MR) is 78.0 cm³/mol. The molecule has 1 rings (SSSR count). The number of carbonyl (C=O) groups excluding carboxylic acids is 1. The van der Waals surface area contributed by atoms with E-state index in [-0.39, 0.29) is 0 Å². The van der Waals surface area contributed by atoms with E-state index in [0.717, 1.165) is 17.2 Å². The fraction of sp³-hybridized carbons (Fsp3) is 0.250. The molecule has 20 heavy (non-hydrogen) atoms. The topological polar surface area (TPSA) is 63.6 Å². The molecule has 1 aromatic carbocycles. The van der Waals surface area contributed by atoms with Crippen LogP contribution in [0.3, 0.4) is 0 Å². The largest absolute Gasteiger partial charge is 0.478 e. The average Bonchev–Trinajstić information content (AvgIpc) is 2.33. The van der Waals surface area contributed by atoms with Gasteiger partial charge in [-0.1, -0.05) is 24.3 Å². The van der Waals surface area contributed by atoms with Crippen molar-refractivity contribution in [2.24, 2.45) is 0 Å². The van der Waals surface area contributed by atoms with Crippen LogP contribution in [0.2, 0.25) is 0 Å². The maximum Gasteiger partial charge on any atom is 0.331 e. The van der Waals surface area contributed by atoms with Crippen LogP contribution in [-0.4, -0.2) is 22.6 Å². The number of ether oxygens (including phenoxy) is 1. The van der Waals surface area contributed by atoms with Crippen LogP contribution in [0.1, 0.15) is 31.9 Å². The smallest absolute Gasteiger partial charge is 0.331 e. The third-order valence-corrected chi connectivity index (χ3v) is 2.17. The summed E-state index contributed by atoms with van der Waals surface area (Å²) in [6.07, 6.45) is 5.60. The van der Waals surface area contributed by atoms with E-state index in [4.69, 9.17) is 9.84 Å². The molecular weight excluding hydrogens is 256 g/mol. The van der Waals surface area contributed by atoms with Gasteiger partial charge in [0, 0.05) is 12.2 Å². The van der Waals surface area contributed by atoms with E-state index in [1.807, 2.05) is 20.8 Å². The molecule has 0 amide bonds. The van der Waals surface area contributed by atoms with E-state index in [0.29, 0.717) is 0 Å². The summed E-state index contributed by atoms with van der Waals surface area (Å²) >= 11 is 0. The highest BCUT2D eigenvalue weighted by Gasteiger charge is 2.13. The molecule has 4 nitrogen and oxygen atoms in total. The SMILES string of the molecule is CC(C)(C)OC(=O)C=Cc1ccc(C=CC(=O)O)cc1. The summed E-state index contributed by atoms with van der Waals surface area (Å²) in [4.78, 5) is 21.9. The Balaban J connectivity index is 2.66.